The second-order valence-electron chi connectivity index (χ2n) is 7.27. The van der Waals surface area contributed by atoms with E-state index in [0.717, 1.165) is 11.8 Å². The third kappa shape index (κ3) is 3.69. The molecule has 1 saturated carbocycles. The van der Waals surface area contributed by atoms with Crippen LogP contribution >= 0.6 is 11.6 Å². The van der Waals surface area contributed by atoms with Crippen LogP contribution in [0.15, 0.2) is 0 Å². The van der Waals surface area contributed by atoms with E-state index in [0.29, 0.717) is 6.10 Å². The van der Waals surface area contributed by atoms with Crippen LogP contribution in [-0.2, 0) is 4.74 Å². The van der Waals surface area contributed by atoms with Crippen molar-refractivity contribution in [3.8, 4) is 0 Å². The van der Waals surface area contributed by atoms with Gasteiger partial charge in [0.25, 0.3) is 0 Å². The van der Waals surface area contributed by atoms with E-state index < -0.39 is 0 Å². The molecule has 2 aliphatic heterocycles. The van der Waals surface area contributed by atoms with Crippen LogP contribution in [0.5, 0.6) is 0 Å². The van der Waals surface area contributed by atoms with Gasteiger partial charge in [0.05, 0.1) is 11.7 Å². The largest absolute Gasteiger partial charge is 0.370 e. The summed E-state index contributed by atoms with van der Waals surface area (Å²) in [7, 11) is 0. The number of halogens is 1. The Bertz CT molecular complexity index is 301. The number of ether oxygens (including phenoxy) is 1. The molecule has 0 aromatic rings. The van der Waals surface area contributed by atoms with Crippen molar-refractivity contribution in [1.82, 2.24) is 4.90 Å². The van der Waals surface area contributed by atoms with E-state index in [1.165, 1.54) is 83.8 Å². The summed E-state index contributed by atoms with van der Waals surface area (Å²) in [6.45, 7) is 3.69. The van der Waals surface area contributed by atoms with Crippen molar-refractivity contribution in [2.45, 2.75) is 75.9 Å². The average Bonchev–Trinajstić information content (AvgIpc) is 2.83. The number of rotatable bonds is 4. The number of piperidine rings is 1. The van der Waals surface area contributed by atoms with Crippen molar-refractivity contribution in [1.29, 1.82) is 0 Å². The molecule has 3 fully saturated rings. The highest BCUT2D eigenvalue weighted by Crippen LogP contribution is 2.42. The van der Waals surface area contributed by atoms with Crippen LogP contribution in [0.1, 0.15) is 64.2 Å². The molecule has 0 N–H and O–H groups in total. The first-order valence-electron chi connectivity index (χ1n) is 8.76. The maximum Gasteiger partial charge on any atom is 0.0710 e. The Balaban J connectivity index is 1.46. The van der Waals surface area contributed by atoms with E-state index >= 15 is 0 Å². The smallest absolute Gasteiger partial charge is 0.0710 e. The Morgan fingerprint density at radius 1 is 1.05 bits per heavy atom. The maximum absolute atomic E-state index is 6.52. The molecule has 1 spiro atoms. The summed E-state index contributed by atoms with van der Waals surface area (Å²) < 4.78 is 6.52. The van der Waals surface area contributed by atoms with Gasteiger partial charge in [-0.15, -0.1) is 11.6 Å². The average molecular weight is 300 g/mol. The first-order valence-corrected chi connectivity index (χ1v) is 9.29. The fourth-order valence-corrected chi connectivity index (χ4v) is 4.89. The number of alkyl halides is 1. The first-order chi connectivity index (χ1) is 9.80. The molecule has 20 heavy (non-hydrogen) atoms. The SMILES string of the molecule is ClCCC1CCCN(CC2CCC3(CCCCC3)O2)C1. The first kappa shape index (κ1) is 15.1. The Morgan fingerprint density at radius 2 is 1.90 bits per heavy atom. The molecule has 3 rings (SSSR count). The van der Waals surface area contributed by atoms with Crippen LogP contribution in [0.4, 0.5) is 0 Å². The topological polar surface area (TPSA) is 12.5 Å². The third-order valence-corrected chi connectivity index (χ3v) is 5.90. The van der Waals surface area contributed by atoms with E-state index in [1.54, 1.807) is 0 Å². The molecule has 0 aromatic heterocycles. The zero-order valence-corrected chi connectivity index (χ0v) is 13.5. The summed E-state index contributed by atoms with van der Waals surface area (Å²) in [5, 5.41) is 0. The maximum atomic E-state index is 6.52. The van der Waals surface area contributed by atoms with Gasteiger partial charge in [-0.25, -0.2) is 0 Å². The second kappa shape index (κ2) is 6.98. The zero-order chi connectivity index (χ0) is 13.8. The van der Waals surface area contributed by atoms with Crippen molar-refractivity contribution >= 4 is 11.6 Å². The van der Waals surface area contributed by atoms with E-state index in [-0.39, 0.29) is 5.60 Å². The van der Waals surface area contributed by atoms with Crippen LogP contribution in [0.25, 0.3) is 0 Å². The highest BCUT2D eigenvalue weighted by atomic mass is 35.5. The van der Waals surface area contributed by atoms with Gasteiger partial charge < -0.3 is 9.64 Å². The molecule has 0 amide bonds. The lowest BCUT2D eigenvalue weighted by Crippen LogP contribution is -2.41. The minimum absolute atomic E-state index is 0.286. The van der Waals surface area contributed by atoms with Gasteiger partial charge in [0.2, 0.25) is 0 Å². The molecular weight excluding hydrogens is 270 g/mol. The molecule has 0 radical (unpaired) electrons. The molecule has 3 heteroatoms. The van der Waals surface area contributed by atoms with Gasteiger partial charge in [0.1, 0.15) is 0 Å². The Kier molecular flexibility index (Phi) is 5.28. The van der Waals surface area contributed by atoms with Crippen molar-refractivity contribution < 1.29 is 4.74 Å². The lowest BCUT2D eigenvalue weighted by molar-refractivity contribution is -0.0741. The molecule has 2 atom stereocenters. The quantitative estimate of drug-likeness (QED) is 0.721. The van der Waals surface area contributed by atoms with Crippen LogP contribution in [0, 0.1) is 5.92 Å². The molecule has 0 bridgehead atoms. The van der Waals surface area contributed by atoms with Gasteiger partial charge in [0, 0.05) is 19.0 Å². The van der Waals surface area contributed by atoms with Crippen LogP contribution in [-0.4, -0.2) is 42.1 Å². The fraction of sp³-hybridized carbons (Fsp3) is 1.00. The Morgan fingerprint density at radius 3 is 2.70 bits per heavy atom. The fourth-order valence-electron chi connectivity index (χ4n) is 4.58. The summed E-state index contributed by atoms with van der Waals surface area (Å²) in [4.78, 5) is 2.65. The van der Waals surface area contributed by atoms with Gasteiger partial charge >= 0.3 is 0 Å². The summed E-state index contributed by atoms with van der Waals surface area (Å²) in [5.41, 5.74) is 0.286. The van der Waals surface area contributed by atoms with E-state index in [4.69, 9.17) is 16.3 Å². The van der Waals surface area contributed by atoms with Crippen molar-refractivity contribution in [3.05, 3.63) is 0 Å². The molecular formula is C17H30ClNO. The molecule has 0 aromatic carbocycles. The van der Waals surface area contributed by atoms with Crippen molar-refractivity contribution in [2.24, 2.45) is 5.92 Å². The third-order valence-electron chi connectivity index (χ3n) is 5.69. The van der Waals surface area contributed by atoms with Gasteiger partial charge in [-0.2, -0.15) is 0 Å². The predicted octanol–water partition coefficient (Wildman–Crippen LogP) is 4.21. The number of hydrogen-bond acceptors (Lipinski definition) is 2. The Labute approximate surface area is 129 Å². The normalized spacial score (nSPS) is 34.6. The van der Waals surface area contributed by atoms with Crippen LogP contribution in [0.2, 0.25) is 0 Å². The molecule has 2 saturated heterocycles. The summed E-state index contributed by atoms with van der Waals surface area (Å²) in [6, 6.07) is 0. The molecule has 1 aliphatic carbocycles. The standard InChI is InChI=1S/C17H30ClNO/c18-11-7-15-5-4-12-19(13-15)14-16-6-10-17(20-16)8-2-1-3-9-17/h15-16H,1-14H2. The molecule has 3 aliphatic rings. The van der Waals surface area contributed by atoms with Crippen LogP contribution < -0.4 is 0 Å². The molecule has 2 unspecified atom stereocenters. The number of hydrogen-bond donors (Lipinski definition) is 0. The molecule has 2 heterocycles. The highest BCUT2D eigenvalue weighted by molar-refractivity contribution is 6.17. The highest BCUT2D eigenvalue weighted by Gasteiger charge is 2.41. The minimum Gasteiger partial charge on any atom is -0.370 e. The van der Waals surface area contributed by atoms with Crippen LogP contribution in [0.3, 0.4) is 0 Å². The van der Waals surface area contributed by atoms with Crippen molar-refractivity contribution in [3.63, 3.8) is 0 Å². The monoisotopic (exact) mass is 299 g/mol. The summed E-state index contributed by atoms with van der Waals surface area (Å²) >= 11 is 5.91. The van der Waals surface area contributed by atoms with Gasteiger partial charge in [-0.3, -0.25) is 0 Å². The van der Waals surface area contributed by atoms with E-state index in [2.05, 4.69) is 4.90 Å². The zero-order valence-electron chi connectivity index (χ0n) is 12.8. The van der Waals surface area contributed by atoms with Gasteiger partial charge in [0.15, 0.2) is 0 Å². The lowest BCUT2D eigenvalue weighted by atomic mass is 9.83. The second-order valence-corrected chi connectivity index (χ2v) is 7.65. The Hall–Kier alpha value is 0.210. The molecule has 116 valence electrons. The van der Waals surface area contributed by atoms with E-state index in [1.807, 2.05) is 0 Å². The predicted molar refractivity (Wildman–Crippen MR) is 84.4 cm³/mol. The number of likely N-dealkylation sites (tertiary alicyclic amines) is 1. The van der Waals surface area contributed by atoms with Crippen molar-refractivity contribution in [2.75, 3.05) is 25.5 Å². The summed E-state index contributed by atoms with van der Waals surface area (Å²) in [5.74, 6) is 1.65. The van der Waals surface area contributed by atoms with Gasteiger partial charge in [-0.1, -0.05) is 19.3 Å². The number of nitrogens with zero attached hydrogens (tertiary/aromatic N) is 1. The minimum atomic E-state index is 0.286. The van der Waals surface area contributed by atoms with E-state index in [9.17, 15) is 0 Å². The summed E-state index contributed by atoms with van der Waals surface area (Å²) in [6.07, 6.45) is 13.8. The van der Waals surface area contributed by atoms with Gasteiger partial charge in [-0.05, 0) is 57.4 Å². The lowest BCUT2D eigenvalue weighted by Gasteiger charge is -2.36. The molecule has 2 nitrogen and oxygen atoms in total.